The van der Waals surface area contributed by atoms with Crippen molar-refractivity contribution in [3.05, 3.63) is 35.3 Å². The first-order valence-corrected chi connectivity index (χ1v) is 6.94. The fraction of sp³-hybridized carbons (Fsp3) is 0.312. The van der Waals surface area contributed by atoms with Gasteiger partial charge in [-0.2, -0.15) is 15.8 Å². The van der Waals surface area contributed by atoms with E-state index >= 15 is 0 Å². The molecule has 23 heavy (non-hydrogen) atoms. The summed E-state index contributed by atoms with van der Waals surface area (Å²) in [4.78, 5) is 0. The summed E-state index contributed by atoms with van der Waals surface area (Å²) < 4.78 is 25.1. The number of rotatable bonds is 4. The van der Waals surface area contributed by atoms with Gasteiger partial charge in [0.1, 0.15) is 47.3 Å². The highest BCUT2D eigenvalue weighted by molar-refractivity contribution is 5.65. The van der Waals surface area contributed by atoms with Crippen molar-refractivity contribution in [1.82, 2.24) is 0 Å². The Morgan fingerprint density at radius 3 is 2.48 bits per heavy atom. The fourth-order valence-corrected chi connectivity index (χ4v) is 2.11. The maximum atomic E-state index is 14.1. The molecule has 1 N–H and O–H groups in total. The van der Waals surface area contributed by atoms with Crippen LogP contribution in [0.5, 0.6) is 5.75 Å². The maximum Gasteiger partial charge on any atom is 0.163 e. The molecule has 1 aliphatic heterocycles. The number of allylic oxidation sites excluding steroid dienone is 2. The first kappa shape index (κ1) is 16.3. The molecule has 0 aliphatic carbocycles. The molecule has 1 aliphatic rings. The molecule has 0 saturated carbocycles. The van der Waals surface area contributed by atoms with Crippen LogP contribution in [0.25, 0.3) is 0 Å². The minimum Gasteiger partial charge on any atom is -0.488 e. The Labute approximate surface area is 133 Å². The number of halogens is 1. The Bertz CT molecular complexity index is 718. The lowest BCUT2D eigenvalue weighted by molar-refractivity contribution is 0.0258. The summed E-state index contributed by atoms with van der Waals surface area (Å²) in [6, 6.07) is 9.14. The summed E-state index contributed by atoms with van der Waals surface area (Å²) in [6.45, 7) is 1.14. The second kappa shape index (κ2) is 7.79. The summed E-state index contributed by atoms with van der Waals surface area (Å²) >= 11 is 0. The molecule has 7 heteroatoms. The van der Waals surface area contributed by atoms with Gasteiger partial charge < -0.3 is 14.8 Å². The minimum atomic E-state index is -0.641. The van der Waals surface area contributed by atoms with Crippen LogP contribution in [0.15, 0.2) is 29.5 Å². The third-order valence-corrected chi connectivity index (χ3v) is 3.27. The molecule has 1 saturated heterocycles. The van der Waals surface area contributed by atoms with Crippen molar-refractivity contribution in [2.75, 3.05) is 18.5 Å². The van der Waals surface area contributed by atoms with Gasteiger partial charge in [-0.3, -0.25) is 0 Å². The van der Waals surface area contributed by atoms with Gasteiger partial charge in [-0.05, 0) is 12.1 Å². The van der Waals surface area contributed by atoms with E-state index in [-0.39, 0.29) is 23.2 Å². The summed E-state index contributed by atoms with van der Waals surface area (Å²) in [6.07, 6.45) is 1.24. The highest BCUT2D eigenvalue weighted by Crippen LogP contribution is 2.31. The normalized spacial score (nSPS) is 14.0. The van der Waals surface area contributed by atoms with E-state index in [1.165, 1.54) is 12.1 Å². The van der Waals surface area contributed by atoms with E-state index < -0.39 is 11.4 Å². The van der Waals surface area contributed by atoms with Crippen LogP contribution in [-0.2, 0) is 4.74 Å². The van der Waals surface area contributed by atoms with E-state index in [1.807, 2.05) is 0 Å². The molecule has 0 unspecified atom stereocenters. The van der Waals surface area contributed by atoms with Crippen molar-refractivity contribution >= 4 is 5.69 Å². The van der Waals surface area contributed by atoms with Crippen LogP contribution in [0.4, 0.5) is 10.1 Å². The number of anilines is 1. The van der Waals surface area contributed by atoms with Crippen molar-refractivity contribution in [2.24, 2.45) is 0 Å². The van der Waals surface area contributed by atoms with Crippen molar-refractivity contribution < 1.29 is 13.9 Å². The van der Waals surface area contributed by atoms with Gasteiger partial charge in [0.2, 0.25) is 0 Å². The molecule has 1 fully saturated rings. The fourth-order valence-electron chi connectivity index (χ4n) is 2.11. The highest BCUT2D eigenvalue weighted by atomic mass is 19.1. The lowest BCUT2D eigenvalue weighted by Gasteiger charge is -2.24. The Morgan fingerprint density at radius 2 is 1.87 bits per heavy atom. The first-order valence-electron chi connectivity index (χ1n) is 6.94. The van der Waals surface area contributed by atoms with Crippen molar-refractivity contribution in [1.29, 1.82) is 15.8 Å². The third-order valence-electron chi connectivity index (χ3n) is 3.27. The molecule has 1 aromatic rings. The first-order chi connectivity index (χ1) is 11.2. The lowest BCUT2D eigenvalue weighted by Crippen LogP contribution is -2.26. The molecular formula is C16H13FN4O2. The molecule has 116 valence electrons. The third kappa shape index (κ3) is 3.97. The standard InChI is InChI=1S/C16H13FN4O2/c17-13-2-1-3-15(23-12-4-6-22-7-5-12)16(13)21-14(10-20)11(8-18)9-19/h1-3,12,21H,4-7H2. The van der Waals surface area contributed by atoms with Crippen molar-refractivity contribution in [3.63, 3.8) is 0 Å². The second-order valence-electron chi connectivity index (χ2n) is 4.75. The molecule has 0 bridgehead atoms. The molecule has 6 nitrogen and oxygen atoms in total. The Kier molecular flexibility index (Phi) is 5.52. The number of nitrogens with zero attached hydrogens (tertiary/aromatic N) is 3. The summed E-state index contributed by atoms with van der Waals surface area (Å²) in [5.74, 6) is -0.419. The van der Waals surface area contributed by atoms with Crippen LogP contribution < -0.4 is 10.1 Å². The molecular weight excluding hydrogens is 299 g/mol. The van der Waals surface area contributed by atoms with Crippen LogP contribution >= 0.6 is 0 Å². The van der Waals surface area contributed by atoms with Gasteiger partial charge in [-0.25, -0.2) is 4.39 Å². The quantitative estimate of drug-likeness (QED) is 0.857. The zero-order valence-electron chi connectivity index (χ0n) is 12.2. The van der Waals surface area contributed by atoms with E-state index in [0.29, 0.717) is 26.1 Å². The van der Waals surface area contributed by atoms with Crippen LogP contribution in [0.2, 0.25) is 0 Å². The Morgan fingerprint density at radius 1 is 1.17 bits per heavy atom. The summed E-state index contributed by atoms with van der Waals surface area (Å²) in [5.41, 5.74) is -0.816. The van der Waals surface area contributed by atoms with E-state index in [2.05, 4.69) is 5.32 Å². The number of hydrogen-bond acceptors (Lipinski definition) is 6. The van der Waals surface area contributed by atoms with Gasteiger partial charge in [-0.15, -0.1) is 0 Å². The summed E-state index contributed by atoms with van der Waals surface area (Å²) in [7, 11) is 0. The molecule has 0 radical (unpaired) electrons. The molecule has 1 heterocycles. The number of ether oxygens (including phenoxy) is 2. The zero-order valence-corrected chi connectivity index (χ0v) is 12.2. The number of nitrogens with one attached hydrogen (secondary N) is 1. The topological polar surface area (TPSA) is 102 Å². The Hall–Kier alpha value is -3.08. The van der Waals surface area contributed by atoms with E-state index in [1.54, 1.807) is 24.3 Å². The molecule has 2 rings (SSSR count). The SMILES string of the molecule is N#CC(C#N)=C(C#N)Nc1c(F)cccc1OC1CCOCC1. The zero-order chi connectivity index (χ0) is 16.7. The Balaban J connectivity index is 2.31. The van der Waals surface area contributed by atoms with Crippen LogP contribution in [-0.4, -0.2) is 19.3 Å². The predicted octanol–water partition coefficient (Wildman–Crippen LogP) is 2.62. The van der Waals surface area contributed by atoms with Gasteiger partial charge in [0.25, 0.3) is 0 Å². The minimum absolute atomic E-state index is 0.0708. The van der Waals surface area contributed by atoms with E-state index in [4.69, 9.17) is 25.3 Å². The highest BCUT2D eigenvalue weighted by Gasteiger charge is 2.19. The van der Waals surface area contributed by atoms with Gasteiger partial charge in [-0.1, -0.05) is 6.07 Å². The van der Waals surface area contributed by atoms with Crippen molar-refractivity contribution in [2.45, 2.75) is 18.9 Å². The molecule has 0 spiro atoms. The molecule has 0 aromatic heterocycles. The van der Waals surface area contributed by atoms with Crippen molar-refractivity contribution in [3.8, 4) is 24.0 Å². The maximum absolute atomic E-state index is 14.1. The average Bonchev–Trinajstić information content (AvgIpc) is 2.58. The number of para-hydroxylation sites is 1. The lowest BCUT2D eigenvalue weighted by atomic mass is 10.1. The van der Waals surface area contributed by atoms with Gasteiger partial charge in [0.15, 0.2) is 5.57 Å². The molecule has 0 atom stereocenters. The molecule has 0 amide bonds. The molecule has 1 aromatic carbocycles. The number of nitriles is 3. The van der Waals surface area contributed by atoms with Gasteiger partial charge >= 0.3 is 0 Å². The average molecular weight is 312 g/mol. The van der Waals surface area contributed by atoms with E-state index in [9.17, 15) is 4.39 Å². The summed E-state index contributed by atoms with van der Waals surface area (Å²) in [5, 5.41) is 29.3. The van der Waals surface area contributed by atoms with Gasteiger partial charge in [0, 0.05) is 12.8 Å². The van der Waals surface area contributed by atoms with Crippen LogP contribution in [0, 0.1) is 39.8 Å². The number of hydrogen-bond donors (Lipinski definition) is 1. The largest absolute Gasteiger partial charge is 0.488 e. The monoisotopic (exact) mass is 312 g/mol. The van der Waals surface area contributed by atoms with Crippen LogP contribution in [0.3, 0.4) is 0 Å². The predicted molar refractivity (Wildman–Crippen MR) is 78.4 cm³/mol. The number of benzene rings is 1. The van der Waals surface area contributed by atoms with Gasteiger partial charge in [0.05, 0.1) is 13.2 Å². The van der Waals surface area contributed by atoms with E-state index in [0.717, 1.165) is 0 Å². The second-order valence-corrected chi connectivity index (χ2v) is 4.75. The smallest absolute Gasteiger partial charge is 0.163 e. The van der Waals surface area contributed by atoms with Crippen LogP contribution in [0.1, 0.15) is 12.8 Å².